The maximum Gasteiger partial charge on any atom is 0.324 e. The second kappa shape index (κ2) is 20.3. The number of aryl methyl sites for hydroxylation is 1. The van der Waals surface area contributed by atoms with Crippen LogP contribution in [0.15, 0.2) is 61.3 Å². The quantitative estimate of drug-likeness (QED) is 0.122. The molecular weight excluding hydrogens is 881 g/mol. The summed E-state index contributed by atoms with van der Waals surface area (Å²) in [4.78, 5) is 79.0. The van der Waals surface area contributed by atoms with E-state index in [4.69, 9.17) is 14.5 Å². The highest BCUT2D eigenvalue weighted by atomic mass is 16.5. The van der Waals surface area contributed by atoms with Crippen molar-refractivity contribution in [3.8, 4) is 34.0 Å². The summed E-state index contributed by atoms with van der Waals surface area (Å²) in [6, 6.07) is 10.2. The Bertz CT molecular complexity index is 2640. The first-order chi connectivity index (χ1) is 32.7. The number of ether oxygens (including phenoxy) is 2. The van der Waals surface area contributed by atoms with Crippen LogP contribution in [0.25, 0.3) is 33.3 Å². The molecule has 0 radical (unpaired) electrons. The minimum absolute atomic E-state index is 0.0259. The minimum atomic E-state index is -1.93. The molecular formula is C52H68N8O9. The smallest absolute Gasteiger partial charge is 0.324 e. The molecule has 0 saturated carbocycles. The average Bonchev–Trinajstić information content (AvgIpc) is 3.86. The zero-order chi connectivity index (χ0) is 50.1. The number of hydrogen-bond donors (Lipinski definition) is 4. The van der Waals surface area contributed by atoms with Gasteiger partial charge in [0, 0.05) is 68.6 Å². The highest BCUT2D eigenvalue weighted by molar-refractivity contribution is 5.97. The lowest BCUT2D eigenvalue weighted by Gasteiger charge is -2.37. The van der Waals surface area contributed by atoms with Crippen molar-refractivity contribution in [2.45, 2.75) is 104 Å². The van der Waals surface area contributed by atoms with Gasteiger partial charge >= 0.3 is 5.97 Å². The first-order valence-electron chi connectivity index (χ1n) is 23.8. The number of likely N-dealkylation sites (tertiary alicyclic amines) is 1. The van der Waals surface area contributed by atoms with Gasteiger partial charge in [-0.05, 0) is 110 Å². The van der Waals surface area contributed by atoms with Crippen molar-refractivity contribution in [3.05, 3.63) is 78.0 Å². The number of phenols is 1. The Hall–Kier alpha value is -6.30. The predicted molar refractivity (Wildman–Crippen MR) is 262 cm³/mol. The van der Waals surface area contributed by atoms with Crippen LogP contribution in [-0.4, -0.2) is 147 Å². The molecule has 2 aromatic carbocycles. The monoisotopic (exact) mass is 949 g/mol. The number of carbonyl (C=O) groups is 5. The van der Waals surface area contributed by atoms with Crippen LogP contribution in [0.3, 0.4) is 0 Å². The second-order valence-corrected chi connectivity index (χ2v) is 20.2. The Morgan fingerprint density at radius 2 is 1.84 bits per heavy atom. The van der Waals surface area contributed by atoms with Crippen molar-refractivity contribution in [1.29, 1.82) is 0 Å². The minimum Gasteiger partial charge on any atom is -0.508 e. The number of aliphatic hydroxyl groups is 1. The summed E-state index contributed by atoms with van der Waals surface area (Å²) >= 11 is 0. The van der Waals surface area contributed by atoms with E-state index >= 15 is 0 Å². The van der Waals surface area contributed by atoms with Gasteiger partial charge in [-0.3, -0.25) is 29.0 Å². The first kappa shape index (κ1) is 50.6. The molecule has 4 atom stereocenters. The van der Waals surface area contributed by atoms with E-state index in [1.54, 1.807) is 33.1 Å². The largest absolute Gasteiger partial charge is 0.508 e. The summed E-state index contributed by atoms with van der Waals surface area (Å²) in [7, 11) is 7.06. The van der Waals surface area contributed by atoms with Crippen LogP contribution >= 0.6 is 0 Å². The molecule has 6 bridgehead atoms. The van der Waals surface area contributed by atoms with Crippen LogP contribution in [0.2, 0.25) is 0 Å². The number of rotatable bonds is 11. The number of likely N-dealkylation sites (N-methyl/N-ethyl adjacent to an activating group) is 1. The Morgan fingerprint density at radius 3 is 2.52 bits per heavy atom. The number of esters is 1. The standard InChI is InChI=1S/C52H68N8O9/c1-11-43(62)58-19-17-52(67,29-58)50(66)57(9)44(31(3)4)46(63)54-41-23-32-20-35(24-36(61)21-32)34-15-16-42-37(25-34)39(26-51(5,6)30-69-49(65)40-14-13-18-60(55-40)48(41)64)45(59(42)12-2)38-22-33(28-56(7)8)27-53-47(38)68-10/h11,15-16,20-22,24-25,27,31,40-41,44,55,61,67H,1,12-14,17-19,23,26,28-30H2,2-10H3,(H,54,63)/t40-,41-,44-,52?/m0/s1. The van der Waals surface area contributed by atoms with E-state index < -0.39 is 64.7 Å². The summed E-state index contributed by atoms with van der Waals surface area (Å²) in [5.41, 5.74) is 7.36. The molecule has 2 saturated heterocycles. The van der Waals surface area contributed by atoms with Crippen molar-refractivity contribution >= 4 is 40.5 Å². The van der Waals surface area contributed by atoms with E-state index in [-0.39, 0.29) is 44.8 Å². The van der Waals surface area contributed by atoms with Gasteiger partial charge in [-0.25, -0.2) is 10.4 Å². The van der Waals surface area contributed by atoms with Gasteiger partial charge in [-0.15, -0.1) is 0 Å². The number of pyridine rings is 1. The Balaban J connectivity index is 1.32. The van der Waals surface area contributed by atoms with E-state index in [9.17, 15) is 34.2 Å². The van der Waals surface area contributed by atoms with Gasteiger partial charge in [-0.1, -0.05) is 46.4 Å². The number of aromatic hydroxyl groups is 1. The van der Waals surface area contributed by atoms with E-state index in [0.29, 0.717) is 49.4 Å². The van der Waals surface area contributed by atoms with Crippen LogP contribution in [0.1, 0.15) is 70.6 Å². The Morgan fingerprint density at radius 1 is 1.09 bits per heavy atom. The number of methoxy groups -OCH3 is 1. The SMILES string of the molecule is C=CC(=O)N1CCC(O)(C(=O)N(C)[C@H](C(=O)N[C@H]2Cc3cc(O)cc(c3)-c3ccc4c(c3)c(c(-c3cc(CN(C)C)cnc3OC)n4CC)CC(C)(C)COC(=O)[C@@H]3CCCN(N3)C2=O)C(C)C)C1. The van der Waals surface area contributed by atoms with E-state index in [1.165, 1.54) is 21.9 Å². The van der Waals surface area contributed by atoms with Gasteiger partial charge < -0.3 is 44.3 Å². The summed E-state index contributed by atoms with van der Waals surface area (Å²) in [5.74, 6) is -2.89. The molecule has 2 fully saturated rings. The molecule has 17 heteroatoms. The number of hydrogen-bond acceptors (Lipinski definition) is 12. The van der Waals surface area contributed by atoms with Crippen LogP contribution in [-0.2, 0) is 54.6 Å². The number of β-amino-alcohol motifs (C(OH)–C–C–N with tert-alkyl or cyclic N) is 1. The molecule has 17 nitrogen and oxygen atoms in total. The van der Waals surface area contributed by atoms with Crippen LogP contribution in [0, 0.1) is 11.3 Å². The number of benzene rings is 2. The lowest BCUT2D eigenvalue weighted by atomic mass is 9.84. The number of carbonyl (C=O) groups excluding carboxylic acids is 5. The lowest BCUT2D eigenvalue weighted by Crippen LogP contribution is -2.63. The number of phenolic OH excluding ortho intramolecular Hbond substituents is 1. The summed E-state index contributed by atoms with van der Waals surface area (Å²) < 4.78 is 14.3. The lowest BCUT2D eigenvalue weighted by molar-refractivity contribution is -0.156. The number of fused-ring (bicyclic) bond motifs is 6. The van der Waals surface area contributed by atoms with Crippen molar-refractivity contribution in [3.63, 3.8) is 0 Å². The molecule has 2 aromatic heterocycles. The summed E-state index contributed by atoms with van der Waals surface area (Å²) in [6.07, 6.45) is 4.23. The third-order valence-electron chi connectivity index (χ3n) is 13.5. The van der Waals surface area contributed by atoms with Gasteiger partial charge in [0.25, 0.3) is 11.8 Å². The highest BCUT2D eigenvalue weighted by Gasteiger charge is 2.48. The summed E-state index contributed by atoms with van der Waals surface area (Å²) in [5, 5.41) is 28.1. The fraction of sp³-hybridized carbons (Fsp3) is 0.500. The molecule has 370 valence electrons. The van der Waals surface area contributed by atoms with Gasteiger partial charge in [0.2, 0.25) is 17.7 Å². The molecule has 1 unspecified atom stereocenters. The maximum absolute atomic E-state index is 14.8. The van der Waals surface area contributed by atoms with Gasteiger partial charge in [0.1, 0.15) is 23.9 Å². The summed E-state index contributed by atoms with van der Waals surface area (Å²) in [6.45, 7) is 14.7. The fourth-order valence-electron chi connectivity index (χ4n) is 10.2. The fourth-order valence-corrected chi connectivity index (χ4v) is 10.2. The third-order valence-corrected chi connectivity index (χ3v) is 13.5. The normalized spacial score (nSPS) is 21.2. The van der Waals surface area contributed by atoms with Crippen LogP contribution < -0.4 is 15.5 Å². The number of cyclic esters (lactones) is 1. The number of nitrogens with zero attached hydrogens (tertiary/aromatic N) is 6. The molecule has 4 N–H and O–H groups in total. The van der Waals surface area contributed by atoms with Crippen molar-refractivity contribution in [2.75, 3.05) is 54.5 Å². The first-order valence-corrected chi connectivity index (χ1v) is 23.8. The molecule has 4 amide bonds. The number of nitrogens with one attached hydrogen (secondary N) is 2. The topological polar surface area (TPSA) is 199 Å². The van der Waals surface area contributed by atoms with E-state index in [0.717, 1.165) is 44.9 Å². The van der Waals surface area contributed by atoms with Crippen molar-refractivity contribution in [2.24, 2.45) is 11.3 Å². The molecule has 0 spiro atoms. The van der Waals surface area contributed by atoms with E-state index in [2.05, 4.69) is 65.8 Å². The molecule has 0 aliphatic carbocycles. The maximum atomic E-state index is 14.8. The van der Waals surface area contributed by atoms with Crippen molar-refractivity contribution < 1.29 is 43.7 Å². The van der Waals surface area contributed by atoms with Crippen LogP contribution in [0.4, 0.5) is 0 Å². The number of aromatic nitrogens is 2. The molecule has 3 aliphatic heterocycles. The van der Waals surface area contributed by atoms with Crippen LogP contribution in [0.5, 0.6) is 11.6 Å². The van der Waals surface area contributed by atoms with Crippen molar-refractivity contribution in [1.82, 2.24) is 40.0 Å². The molecule has 7 rings (SSSR count). The number of amides is 4. The zero-order valence-electron chi connectivity index (χ0n) is 41.4. The highest BCUT2D eigenvalue weighted by Crippen LogP contribution is 2.43. The molecule has 3 aliphatic rings. The van der Waals surface area contributed by atoms with Gasteiger partial charge in [0.05, 0.1) is 31.5 Å². The van der Waals surface area contributed by atoms with E-state index in [1.807, 2.05) is 32.4 Å². The van der Waals surface area contributed by atoms with Gasteiger partial charge in [-0.2, -0.15) is 0 Å². The molecule has 69 heavy (non-hydrogen) atoms. The molecule has 5 heterocycles. The number of hydrazine groups is 1. The third kappa shape index (κ3) is 10.6. The Kier molecular flexibility index (Phi) is 14.9. The van der Waals surface area contributed by atoms with Gasteiger partial charge in [0.15, 0.2) is 5.60 Å². The second-order valence-electron chi connectivity index (χ2n) is 20.2. The Labute approximate surface area is 404 Å². The predicted octanol–water partition coefficient (Wildman–Crippen LogP) is 4.45. The average molecular weight is 949 g/mol. The molecule has 4 aromatic rings. The zero-order valence-corrected chi connectivity index (χ0v) is 41.4.